The Kier molecular flexibility index (Phi) is 2.64. The van der Waals surface area contributed by atoms with Crippen molar-refractivity contribution in [1.29, 1.82) is 0 Å². The Balaban J connectivity index is 2.55. The molecule has 2 rings (SSSR count). The largest absolute Gasteiger partial charge is 0.0651 e. The summed E-state index contributed by atoms with van der Waals surface area (Å²) in [5.41, 5.74) is 3.87. The van der Waals surface area contributed by atoms with Crippen molar-refractivity contribution in [2.75, 3.05) is 0 Å². The van der Waals surface area contributed by atoms with Crippen LogP contribution in [-0.2, 0) is 10.8 Å². The normalized spacial score (nSPS) is 28.8. The summed E-state index contributed by atoms with van der Waals surface area (Å²) in [4.78, 5) is 0. The Morgan fingerprint density at radius 2 is 1.69 bits per heavy atom. The van der Waals surface area contributed by atoms with Gasteiger partial charge in [-0.2, -0.15) is 0 Å². The molecule has 2 unspecified atom stereocenters. The minimum atomic E-state index is 0.342. The van der Waals surface area contributed by atoms with Crippen LogP contribution in [0.25, 0.3) is 0 Å². The molecule has 0 bridgehead atoms. The second kappa shape index (κ2) is 3.61. The zero-order valence-corrected chi connectivity index (χ0v) is 11.3. The maximum atomic E-state index is 2.45. The van der Waals surface area contributed by atoms with Gasteiger partial charge >= 0.3 is 0 Å². The van der Waals surface area contributed by atoms with Crippen molar-refractivity contribution in [2.45, 2.75) is 58.3 Å². The predicted octanol–water partition coefficient (Wildman–Crippen LogP) is 4.67. The zero-order valence-electron chi connectivity index (χ0n) is 11.3. The first kappa shape index (κ1) is 11.7. The number of hydrogen-bond donors (Lipinski definition) is 0. The molecule has 0 nitrogen and oxygen atoms in total. The third-order valence-corrected chi connectivity index (χ3v) is 4.78. The van der Waals surface area contributed by atoms with Crippen LogP contribution in [0, 0.1) is 5.92 Å². The van der Waals surface area contributed by atoms with E-state index in [0.717, 1.165) is 5.92 Å². The highest BCUT2D eigenvalue weighted by molar-refractivity contribution is 5.45. The van der Waals surface area contributed by atoms with Gasteiger partial charge in [0.1, 0.15) is 0 Å². The molecule has 1 aliphatic rings. The molecule has 1 aromatic carbocycles. The molecule has 0 heterocycles. The fraction of sp³-hybridized carbons (Fsp3) is 0.625. The van der Waals surface area contributed by atoms with E-state index in [1.807, 2.05) is 0 Å². The van der Waals surface area contributed by atoms with E-state index in [4.69, 9.17) is 0 Å². The van der Waals surface area contributed by atoms with E-state index in [2.05, 4.69) is 58.9 Å². The molecular weight excluding hydrogens is 192 g/mol. The van der Waals surface area contributed by atoms with Crippen LogP contribution in [0.15, 0.2) is 24.3 Å². The molecule has 0 saturated heterocycles. The Morgan fingerprint density at radius 3 is 2.25 bits per heavy atom. The lowest BCUT2D eigenvalue weighted by Gasteiger charge is -2.33. The van der Waals surface area contributed by atoms with Crippen LogP contribution in [-0.4, -0.2) is 0 Å². The molecule has 0 aromatic heterocycles. The topological polar surface area (TPSA) is 0 Å². The van der Waals surface area contributed by atoms with Gasteiger partial charge in [0.15, 0.2) is 0 Å². The number of hydrogen-bond acceptors (Lipinski definition) is 0. The minimum absolute atomic E-state index is 0.342. The smallest absolute Gasteiger partial charge is 0.00386 e. The summed E-state index contributed by atoms with van der Waals surface area (Å²) in [6.07, 6.45) is 2.55. The molecule has 0 N–H and O–H groups in total. The van der Waals surface area contributed by atoms with Gasteiger partial charge in [-0.15, -0.1) is 0 Å². The Bertz CT molecular complexity index is 389. The average Bonchev–Trinajstić information content (AvgIpc) is 2.47. The van der Waals surface area contributed by atoms with E-state index in [1.54, 1.807) is 11.1 Å². The molecule has 0 fully saturated rings. The first-order chi connectivity index (χ1) is 7.42. The molecule has 1 aromatic rings. The molecule has 0 saturated carbocycles. The third kappa shape index (κ3) is 1.50. The van der Waals surface area contributed by atoms with Crippen molar-refractivity contribution in [3.8, 4) is 0 Å². The third-order valence-electron chi connectivity index (χ3n) is 4.78. The monoisotopic (exact) mass is 216 g/mol. The highest BCUT2D eigenvalue weighted by Crippen LogP contribution is 2.53. The fourth-order valence-electron chi connectivity index (χ4n) is 3.57. The van der Waals surface area contributed by atoms with Crippen LogP contribution in [0.1, 0.15) is 58.6 Å². The van der Waals surface area contributed by atoms with Crippen LogP contribution < -0.4 is 0 Å². The number of fused-ring (bicyclic) bond motifs is 1. The molecule has 16 heavy (non-hydrogen) atoms. The van der Waals surface area contributed by atoms with E-state index in [-0.39, 0.29) is 0 Å². The van der Waals surface area contributed by atoms with Crippen LogP contribution >= 0.6 is 0 Å². The van der Waals surface area contributed by atoms with Crippen molar-refractivity contribution >= 4 is 0 Å². The van der Waals surface area contributed by atoms with Gasteiger partial charge in [-0.3, -0.25) is 0 Å². The van der Waals surface area contributed by atoms with Gasteiger partial charge in [0.25, 0.3) is 0 Å². The van der Waals surface area contributed by atoms with Crippen LogP contribution in [0.5, 0.6) is 0 Å². The lowest BCUT2D eigenvalue weighted by molar-refractivity contribution is 0.266. The first-order valence-electron chi connectivity index (χ1n) is 6.52. The summed E-state index contributed by atoms with van der Waals surface area (Å²) >= 11 is 0. The molecular formula is C16H24. The average molecular weight is 216 g/mol. The number of benzene rings is 1. The summed E-state index contributed by atoms with van der Waals surface area (Å²) < 4.78 is 0. The first-order valence-corrected chi connectivity index (χ1v) is 6.52. The molecule has 2 atom stereocenters. The van der Waals surface area contributed by atoms with Crippen molar-refractivity contribution in [3.63, 3.8) is 0 Å². The van der Waals surface area contributed by atoms with E-state index in [1.165, 1.54) is 12.8 Å². The second-order valence-corrected chi connectivity index (χ2v) is 6.33. The summed E-state index contributed by atoms with van der Waals surface area (Å²) in [5, 5.41) is 0. The van der Waals surface area contributed by atoms with Crippen LogP contribution in [0.3, 0.4) is 0 Å². The molecule has 1 aliphatic carbocycles. The highest BCUT2D eigenvalue weighted by atomic mass is 14.5. The molecule has 88 valence electrons. The summed E-state index contributed by atoms with van der Waals surface area (Å²) in [7, 11) is 0. The summed E-state index contributed by atoms with van der Waals surface area (Å²) in [5.74, 6) is 0.760. The minimum Gasteiger partial charge on any atom is -0.0651 e. The van der Waals surface area contributed by atoms with Gasteiger partial charge < -0.3 is 0 Å². The summed E-state index contributed by atoms with van der Waals surface area (Å²) in [6, 6.07) is 9.04. The zero-order chi connectivity index (χ0) is 12.0. The molecule has 0 amide bonds. The fourth-order valence-corrected chi connectivity index (χ4v) is 3.57. The number of rotatable bonds is 2. The maximum Gasteiger partial charge on any atom is -0.00386 e. The maximum absolute atomic E-state index is 2.45. The van der Waals surface area contributed by atoms with E-state index in [0.29, 0.717) is 10.8 Å². The predicted molar refractivity (Wildman–Crippen MR) is 70.9 cm³/mol. The van der Waals surface area contributed by atoms with Gasteiger partial charge in [0.05, 0.1) is 0 Å². The van der Waals surface area contributed by atoms with Crippen molar-refractivity contribution in [1.82, 2.24) is 0 Å². The SMILES string of the molecule is CCC(C)C1(C)CC(C)(C)c2ccccc21. The Hall–Kier alpha value is -0.780. The molecule has 0 aliphatic heterocycles. The van der Waals surface area contributed by atoms with E-state index in [9.17, 15) is 0 Å². The van der Waals surface area contributed by atoms with Crippen molar-refractivity contribution in [3.05, 3.63) is 35.4 Å². The Labute approximate surface area is 100 Å². The quantitative estimate of drug-likeness (QED) is 0.674. The standard InChI is InChI=1S/C16H24/c1-6-12(2)16(5)11-15(3,4)13-9-7-8-10-14(13)16/h7-10,12H,6,11H2,1-5H3. The van der Waals surface area contributed by atoms with Crippen LogP contribution in [0.4, 0.5) is 0 Å². The molecule has 0 radical (unpaired) electrons. The van der Waals surface area contributed by atoms with Gasteiger partial charge in [0.2, 0.25) is 0 Å². The van der Waals surface area contributed by atoms with Gasteiger partial charge in [-0.1, -0.05) is 65.3 Å². The second-order valence-electron chi connectivity index (χ2n) is 6.33. The van der Waals surface area contributed by atoms with Gasteiger partial charge in [0, 0.05) is 0 Å². The lowest BCUT2D eigenvalue weighted by Crippen LogP contribution is -2.29. The van der Waals surface area contributed by atoms with Gasteiger partial charge in [-0.25, -0.2) is 0 Å². The highest BCUT2D eigenvalue weighted by Gasteiger charge is 2.46. The Morgan fingerprint density at radius 1 is 1.12 bits per heavy atom. The van der Waals surface area contributed by atoms with E-state index < -0.39 is 0 Å². The molecule has 0 spiro atoms. The molecule has 0 heteroatoms. The van der Waals surface area contributed by atoms with E-state index >= 15 is 0 Å². The van der Waals surface area contributed by atoms with Crippen LogP contribution in [0.2, 0.25) is 0 Å². The van der Waals surface area contributed by atoms with Crippen molar-refractivity contribution < 1.29 is 0 Å². The summed E-state index contributed by atoms with van der Waals surface area (Å²) in [6.45, 7) is 11.9. The van der Waals surface area contributed by atoms with Crippen molar-refractivity contribution in [2.24, 2.45) is 5.92 Å². The van der Waals surface area contributed by atoms with Gasteiger partial charge in [-0.05, 0) is 34.3 Å². The lowest BCUT2D eigenvalue weighted by atomic mass is 9.71.